The van der Waals surface area contributed by atoms with Crippen LogP contribution in [0.1, 0.15) is 44.7 Å². The van der Waals surface area contributed by atoms with Gasteiger partial charge in [-0.25, -0.2) is 8.42 Å². The minimum atomic E-state index is -3.52. The Balaban J connectivity index is 2.07. The molecule has 8 heteroatoms. The third kappa shape index (κ3) is 7.37. The highest BCUT2D eigenvalue weighted by Gasteiger charge is 2.41. The summed E-state index contributed by atoms with van der Waals surface area (Å²) in [6.07, 6.45) is 1.18. The van der Waals surface area contributed by atoms with E-state index in [1.807, 2.05) is 24.3 Å². The van der Waals surface area contributed by atoms with E-state index in [1.54, 1.807) is 0 Å². The maximum absolute atomic E-state index is 12.3. The smallest absolute Gasteiger partial charge is 0.322 e. The monoisotopic (exact) mass is 425 g/mol. The van der Waals surface area contributed by atoms with Crippen LogP contribution < -0.4 is 5.32 Å². The molecule has 0 amide bonds. The number of carboxylic acid groups (broad SMARTS) is 1. The maximum atomic E-state index is 12.3. The predicted molar refractivity (Wildman–Crippen MR) is 115 cm³/mol. The lowest BCUT2D eigenvalue weighted by Gasteiger charge is -2.29. The first-order chi connectivity index (χ1) is 13.4. The van der Waals surface area contributed by atoms with Gasteiger partial charge in [-0.2, -0.15) is 4.31 Å². The number of carboxylic acids is 1. The summed E-state index contributed by atoms with van der Waals surface area (Å²) in [5.41, 5.74) is 2.08. The molecule has 1 aliphatic rings. The summed E-state index contributed by atoms with van der Waals surface area (Å²) in [4.78, 5) is 13.6. The Hall–Kier alpha value is -1.48. The first-order valence-corrected chi connectivity index (χ1v) is 11.7. The zero-order chi connectivity index (χ0) is 21.8. The SMILES string of the molecule is CN(C)C[C@H](CC(C)(C)C)NCc1cccc(CN2C(C(=O)O)CCS2(=O)=O)c1. The Bertz CT molecular complexity index is 802. The molecule has 0 bridgehead atoms. The van der Waals surface area contributed by atoms with Gasteiger partial charge in [0.25, 0.3) is 0 Å². The Morgan fingerprint density at radius 1 is 1.31 bits per heavy atom. The van der Waals surface area contributed by atoms with Gasteiger partial charge in [-0.05, 0) is 43.5 Å². The highest BCUT2D eigenvalue weighted by Crippen LogP contribution is 2.25. The molecule has 0 spiro atoms. The van der Waals surface area contributed by atoms with E-state index in [1.165, 1.54) is 0 Å². The molecule has 1 aromatic carbocycles. The molecule has 29 heavy (non-hydrogen) atoms. The van der Waals surface area contributed by atoms with Crippen LogP contribution in [0.5, 0.6) is 0 Å². The summed E-state index contributed by atoms with van der Waals surface area (Å²) in [6.45, 7) is 8.39. The fourth-order valence-corrected chi connectivity index (χ4v) is 5.52. The van der Waals surface area contributed by atoms with Crippen molar-refractivity contribution in [2.75, 3.05) is 26.4 Å². The second-order valence-corrected chi connectivity index (χ2v) is 11.5. The molecule has 1 fully saturated rings. The minimum Gasteiger partial charge on any atom is -0.480 e. The average molecular weight is 426 g/mol. The van der Waals surface area contributed by atoms with E-state index in [2.05, 4.69) is 45.1 Å². The zero-order valence-electron chi connectivity index (χ0n) is 18.2. The molecule has 1 saturated heterocycles. The maximum Gasteiger partial charge on any atom is 0.322 e. The molecular weight excluding hydrogens is 390 g/mol. The van der Waals surface area contributed by atoms with Gasteiger partial charge in [0.05, 0.1) is 5.75 Å². The van der Waals surface area contributed by atoms with Gasteiger partial charge in [0.15, 0.2) is 0 Å². The van der Waals surface area contributed by atoms with Crippen molar-refractivity contribution in [2.24, 2.45) is 5.41 Å². The molecule has 0 saturated carbocycles. The van der Waals surface area contributed by atoms with Crippen LogP contribution in [0.25, 0.3) is 0 Å². The van der Waals surface area contributed by atoms with Gasteiger partial charge in [0, 0.05) is 25.7 Å². The van der Waals surface area contributed by atoms with Gasteiger partial charge in [0.1, 0.15) is 6.04 Å². The molecule has 1 aliphatic heterocycles. The summed E-state index contributed by atoms with van der Waals surface area (Å²) in [6, 6.07) is 7.08. The average Bonchev–Trinajstić information content (AvgIpc) is 2.86. The number of sulfonamides is 1. The van der Waals surface area contributed by atoms with Crippen LogP contribution in [-0.4, -0.2) is 67.2 Å². The summed E-state index contributed by atoms with van der Waals surface area (Å²) in [5, 5.41) is 13.0. The van der Waals surface area contributed by atoms with Crippen LogP contribution in [0.3, 0.4) is 0 Å². The minimum absolute atomic E-state index is 0.0935. The molecule has 1 heterocycles. The van der Waals surface area contributed by atoms with Gasteiger partial charge < -0.3 is 15.3 Å². The summed E-state index contributed by atoms with van der Waals surface area (Å²) in [7, 11) is 0.605. The van der Waals surface area contributed by atoms with Crippen LogP contribution in [0.15, 0.2) is 24.3 Å². The number of carbonyl (C=O) groups is 1. The molecule has 0 radical (unpaired) electrons. The van der Waals surface area contributed by atoms with E-state index in [0.29, 0.717) is 12.6 Å². The number of hydrogen-bond acceptors (Lipinski definition) is 5. The van der Waals surface area contributed by atoms with E-state index < -0.39 is 22.0 Å². The second kappa shape index (κ2) is 9.55. The highest BCUT2D eigenvalue weighted by molar-refractivity contribution is 7.89. The van der Waals surface area contributed by atoms with E-state index >= 15 is 0 Å². The molecule has 2 N–H and O–H groups in total. The lowest BCUT2D eigenvalue weighted by molar-refractivity contribution is -0.141. The Morgan fingerprint density at radius 3 is 2.55 bits per heavy atom. The Morgan fingerprint density at radius 2 is 1.97 bits per heavy atom. The number of benzene rings is 1. The molecule has 164 valence electrons. The standard InChI is InChI=1S/C21H35N3O4S/c1-21(2,3)12-18(15-23(4)5)22-13-16-7-6-8-17(11-16)14-24-19(20(25)26)9-10-29(24,27)28/h6-8,11,18-19,22H,9-10,12-15H2,1-5H3,(H,25,26)/t18-,19?/m0/s1. The molecule has 1 unspecified atom stereocenters. The van der Waals surface area contributed by atoms with Crippen LogP contribution >= 0.6 is 0 Å². The van der Waals surface area contributed by atoms with E-state index in [9.17, 15) is 18.3 Å². The quantitative estimate of drug-likeness (QED) is 0.630. The van der Waals surface area contributed by atoms with Gasteiger partial charge in [-0.1, -0.05) is 45.0 Å². The summed E-state index contributed by atoms with van der Waals surface area (Å²) in [5.74, 6) is -1.19. The number of rotatable bonds is 9. The topological polar surface area (TPSA) is 89.9 Å². The molecule has 0 aliphatic carbocycles. The van der Waals surface area contributed by atoms with Gasteiger partial charge in [-0.3, -0.25) is 4.79 Å². The molecule has 0 aromatic heterocycles. The van der Waals surface area contributed by atoms with Crippen LogP contribution in [0, 0.1) is 5.41 Å². The Labute approximate surface area is 175 Å². The fraction of sp³-hybridized carbons (Fsp3) is 0.667. The van der Waals surface area contributed by atoms with Crippen molar-refractivity contribution in [1.29, 1.82) is 0 Å². The zero-order valence-corrected chi connectivity index (χ0v) is 19.0. The number of likely N-dealkylation sites (N-methyl/N-ethyl adjacent to an activating group) is 1. The first-order valence-electron chi connectivity index (χ1n) is 10.1. The number of aliphatic carboxylic acids is 1. The van der Waals surface area contributed by atoms with Crippen molar-refractivity contribution in [3.8, 4) is 0 Å². The molecule has 1 aromatic rings. The van der Waals surface area contributed by atoms with Gasteiger partial charge in [-0.15, -0.1) is 0 Å². The van der Waals surface area contributed by atoms with E-state index in [4.69, 9.17) is 0 Å². The van der Waals surface area contributed by atoms with Crippen molar-refractivity contribution in [3.63, 3.8) is 0 Å². The first kappa shape index (κ1) is 23.8. The van der Waals surface area contributed by atoms with Crippen molar-refractivity contribution in [2.45, 2.75) is 58.8 Å². The molecule has 2 rings (SSSR count). The van der Waals surface area contributed by atoms with Crippen LogP contribution in [0.2, 0.25) is 0 Å². The van der Waals surface area contributed by atoms with Crippen LogP contribution in [0.4, 0.5) is 0 Å². The lowest BCUT2D eigenvalue weighted by Crippen LogP contribution is -2.40. The molecular formula is C21H35N3O4S. The predicted octanol–water partition coefficient (Wildman–Crippen LogP) is 2.13. The third-order valence-electron chi connectivity index (χ3n) is 5.01. The van der Waals surface area contributed by atoms with Crippen molar-refractivity contribution in [1.82, 2.24) is 14.5 Å². The summed E-state index contributed by atoms with van der Waals surface area (Å²) < 4.78 is 25.6. The lowest BCUT2D eigenvalue weighted by atomic mass is 9.88. The highest BCUT2D eigenvalue weighted by atomic mass is 32.2. The summed E-state index contributed by atoms with van der Waals surface area (Å²) >= 11 is 0. The second-order valence-electron chi connectivity index (χ2n) is 9.43. The van der Waals surface area contributed by atoms with Crippen molar-refractivity contribution in [3.05, 3.63) is 35.4 Å². The number of hydrogen-bond donors (Lipinski definition) is 2. The number of nitrogens with zero attached hydrogens (tertiary/aromatic N) is 2. The van der Waals surface area contributed by atoms with E-state index in [0.717, 1.165) is 28.4 Å². The largest absolute Gasteiger partial charge is 0.480 e. The molecule has 2 atom stereocenters. The third-order valence-corrected chi connectivity index (χ3v) is 6.86. The Kier molecular flexibility index (Phi) is 7.84. The van der Waals surface area contributed by atoms with Crippen LogP contribution in [-0.2, 0) is 27.9 Å². The van der Waals surface area contributed by atoms with Gasteiger partial charge in [0.2, 0.25) is 10.0 Å². The fourth-order valence-electron chi connectivity index (χ4n) is 3.83. The van der Waals surface area contributed by atoms with Crippen molar-refractivity contribution >= 4 is 16.0 Å². The van der Waals surface area contributed by atoms with Crippen molar-refractivity contribution < 1.29 is 18.3 Å². The molecule has 7 nitrogen and oxygen atoms in total. The van der Waals surface area contributed by atoms with E-state index in [-0.39, 0.29) is 24.1 Å². The normalized spacial score (nSPS) is 20.8. The number of nitrogens with one attached hydrogen (secondary N) is 1. The van der Waals surface area contributed by atoms with Gasteiger partial charge >= 0.3 is 5.97 Å².